The van der Waals surface area contributed by atoms with Crippen LogP contribution >= 0.6 is 0 Å². The van der Waals surface area contributed by atoms with Gasteiger partial charge < -0.3 is 24.4 Å². The highest BCUT2D eigenvalue weighted by Crippen LogP contribution is 2.26. The fourth-order valence-corrected chi connectivity index (χ4v) is 3.17. The van der Waals surface area contributed by atoms with Crippen LogP contribution in [0.4, 0.5) is 0 Å². The highest BCUT2D eigenvalue weighted by Gasteiger charge is 2.27. The minimum atomic E-state index is -0.705. The first kappa shape index (κ1) is 24.7. The van der Waals surface area contributed by atoms with E-state index in [-0.39, 0.29) is 35.5 Å². The molecule has 0 radical (unpaired) electrons. The van der Waals surface area contributed by atoms with E-state index < -0.39 is 29.4 Å². The predicted octanol–water partition coefficient (Wildman–Crippen LogP) is 3.41. The van der Waals surface area contributed by atoms with Crippen LogP contribution in [0.5, 0.6) is 11.5 Å². The topological polar surface area (TPSA) is 119 Å². The largest absolute Gasteiger partial charge is 0.507 e. The van der Waals surface area contributed by atoms with Gasteiger partial charge in [0.25, 0.3) is 0 Å². The van der Waals surface area contributed by atoms with E-state index in [1.165, 1.54) is 38.5 Å². The van der Waals surface area contributed by atoms with Crippen LogP contribution in [0.1, 0.15) is 52.6 Å². The lowest BCUT2D eigenvalue weighted by Crippen LogP contribution is -2.31. The zero-order valence-corrected chi connectivity index (χ0v) is 18.8. The minimum Gasteiger partial charge on any atom is -0.507 e. The Kier molecular flexibility index (Phi) is 7.86. The van der Waals surface area contributed by atoms with Crippen molar-refractivity contribution >= 4 is 17.9 Å². The van der Waals surface area contributed by atoms with E-state index in [9.17, 15) is 24.6 Å². The third kappa shape index (κ3) is 6.47. The van der Waals surface area contributed by atoms with Crippen LogP contribution < -0.4 is 0 Å². The maximum atomic E-state index is 12.9. The number of methoxy groups -OCH3 is 2. The summed E-state index contributed by atoms with van der Waals surface area (Å²) in [6, 6.07) is 8.92. The van der Waals surface area contributed by atoms with Crippen LogP contribution in [0.25, 0.3) is 0 Å². The predicted molar refractivity (Wildman–Crippen MR) is 116 cm³/mol. The molecule has 0 saturated carbocycles. The van der Waals surface area contributed by atoms with E-state index in [1.54, 1.807) is 32.9 Å². The van der Waals surface area contributed by atoms with E-state index in [0.717, 1.165) is 0 Å². The highest BCUT2D eigenvalue weighted by atomic mass is 16.6. The molecule has 0 spiro atoms. The molecule has 0 aliphatic heterocycles. The van der Waals surface area contributed by atoms with Gasteiger partial charge in [-0.05, 0) is 69.0 Å². The van der Waals surface area contributed by atoms with Gasteiger partial charge >= 0.3 is 17.9 Å². The van der Waals surface area contributed by atoms with Gasteiger partial charge in [0.1, 0.15) is 28.2 Å². The van der Waals surface area contributed by atoms with E-state index in [1.807, 2.05) is 0 Å². The first-order valence-corrected chi connectivity index (χ1v) is 9.98. The summed E-state index contributed by atoms with van der Waals surface area (Å²) in [4.78, 5) is 36.3. The summed E-state index contributed by atoms with van der Waals surface area (Å²) in [6.45, 7) is 5.28. The molecule has 0 aromatic heterocycles. The SMILES string of the molecule is COC(=O)c1ccc(CC(Cc2ccc(C(=O)OC)c(O)c2)C(=O)OC(C)(C)C)cc1O. The highest BCUT2D eigenvalue weighted by molar-refractivity contribution is 5.93. The van der Waals surface area contributed by atoms with Crippen molar-refractivity contribution in [1.29, 1.82) is 0 Å². The molecule has 2 N–H and O–H groups in total. The number of ether oxygens (including phenoxy) is 3. The van der Waals surface area contributed by atoms with Crippen molar-refractivity contribution in [3.63, 3.8) is 0 Å². The van der Waals surface area contributed by atoms with Gasteiger partial charge in [-0.1, -0.05) is 12.1 Å². The number of rotatable bonds is 7. The van der Waals surface area contributed by atoms with Crippen LogP contribution in [0.15, 0.2) is 36.4 Å². The van der Waals surface area contributed by atoms with Gasteiger partial charge in [0.2, 0.25) is 0 Å². The zero-order chi connectivity index (χ0) is 24.1. The fourth-order valence-electron chi connectivity index (χ4n) is 3.17. The van der Waals surface area contributed by atoms with Crippen molar-refractivity contribution in [3.05, 3.63) is 58.7 Å². The lowest BCUT2D eigenvalue weighted by Gasteiger charge is -2.24. The molecule has 0 atom stereocenters. The zero-order valence-electron chi connectivity index (χ0n) is 18.8. The Morgan fingerprint density at radius 3 is 1.53 bits per heavy atom. The molecule has 8 heteroatoms. The molecule has 8 nitrogen and oxygen atoms in total. The van der Waals surface area contributed by atoms with E-state index in [0.29, 0.717) is 11.1 Å². The van der Waals surface area contributed by atoms with E-state index in [2.05, 4.69) is 9.47 Å². The molecule has 0 aliphatic rings. The van der Waals surface area contributed by atoms with Gasteiger partial charge in [0.05, 0.1) is 20.1 Å². The van der Waals surface area contributed by atoms with Crippen molar-refractivity contribution < 1.29 is 38.8 Å². The molecular formula is C24H28O8. The summed E-state index contributed by atoms with van der Waals surface area (Å²) >= 11 is 0. The second-order valence-corrected chi connectivity index (χ2v) is 8.32. The van der Waals surface area contributed by atoms with Crippen LogP contribution in [0.3, 0.4) is 0 Å². The standard InChI is InChI=1S/C24H28O8/c1-24(2,3)32-21(27)16(10-14-6-8-17(19(25)12-14)22(28)30-4)11-15-7-9-18(20(26)13-15)23(29)31-5/h6-9,12-13,16,25-26H,10-11H2,1-5H3. The van der Waals surface area contributed by atoms with Gasteiger partial charge in [-0.15, -0.1) is 0 Å². The number of phenolic OH excluding ortho intramolecular Hbond substituents is 2. The first-order chi connectivity index (χ1) is 14.9. The van der Waals surface area contributed by atoms with Crippen LogP contribution in [-0.4, -0.2) is 47.9 Å². The summed E-state index contributed by atoms with van der Waals surface area (Å²) in [5, 5.41) is 20.3. The van der Waals surface area contributed by atoms with Crippen molar-refractivity contribution in [2.24, 2.45) is 5.92 Å². The number of carbonyl (C=O) groups is 3. The second-order valence-electron chi connectivity index (χ2n) is 8.32. The average Bonchev–Trinajstić information content (AvgIpc) is 2.71. The molecule has 0 unspecified atom stereocenters. The molecular weight excluding hydrogens is 416 g/mol. The molecule has 0 bridgehead atoms. The van der Waals surface area contributed by atoms with Gasteiger partial charge in [0, 0.05) is 0 Å². The first-order valence-electron chi connectivity index (χ1n) is 9.98. The number of hydrogen-bond donors (Lipinski definition) is 2. The van der Waals surface area contributed by atoms with Gasteiger partial charge in [-0.2, -0.15) is 0 Å². The molecule has 2 aromatic carbocycles. The smallest absolute Gasteiger partial charge is 0.341 e. The van der Waals surface area contributed by atoms with Crippen LogP contribution in [-0.2, 0) is 31.8 Å². The lowest BCUT2D eigenvalue weighted by molar-refractivity contribution is -0.159. The normalized spacial score (nSPS) is 11.2. The molecule has 0 amide bonds. The van der Waals surface area contributed by atoms with Gasteiger partial charge in [-0.3, -0.25) is 4.79 Å². The Hall–Kier alpha value is -3.55. The number of hydrogen-bond acceptors (Lipinski definition) is 8. The number of aromatic hydroxyl groups is 2. The summed E-state index contributed by atoms with van der Waals surface area (Å²) in [7, 11) is 2.43. The Labute approximate surface area is 186 Å². The Morgan fingerprint density at radius 1 is 0.812 bits per heavy atom. The van der Waals surface area contributed by atoms with Crippen molar-refractivity contribution in [3.8, 4) is 11.5 Å². The van der Waals surface area contributed by atoms with E-state index >= 15 is 0 Å². The monoisotopic (exact) mass is 444 g/mol. The van der Waals surface area contributed by atoms with Crippen molar-refractivity contribution in [2.45, 2.75) is 39.2 Å². The van der Waals surface area contributed by atoms with Crippen LogP contribution in [0.2, 0.25) is 0 Å². The molecule has 2 aromatic rings. The quantitative estimate of drug-likeness (QED) is 0.493. The Balaban J connectivity index is 2.32. The number of carbonyl (C=O) groups excluding carboxylic acids is 3. The van der Waals surface area contributed by atoms with E-state index in [4.69, 9.17) is 4.74 Å². The Morgan fingerprint density at radius 2 is 1.22 bits per heavy atom. The molecule has 32 heavy (non-hydrogen) atoms. The van der Waals surface area contributed by atoms with Crippen molar-refractivity contribution in [1.82, 2.24) is 0 Å². The van der Waals surface area contributed by atoms with Crippen LogP contribution in [0, 0.1) is 5.92 Å². The van der Waals surface area contributed by atoms with Gasteiger partial charge in [-0.25, -0.2) is 9.59 Å². The number of phenols is 2. The average molecular weight is 444 g/mol. The fraction of sp³-hybridized carbons (Fsp3) is 0.375. The molecule has 172 valence electrons. The molecule has 0 aliphatic carbocycles. The number of esters is 3. The maximum absolute atomic E-state index is 12.9. The summed E-state index contributed by atoms with van der Waals surface area (Å²) < 4.78 is 14.8. The third-order valence-corrected chi connectivity index (χ3v) is 4.64. The summed E-state index contributed by atoms with van der Waals surface area (Å²) in [5.74, 6) is -2.95. The maximum Gasteiger partial charge on any atom is 0.341 e. The van der Waals surface area contributed by atoms with Gasteiger partial charge in [0.15, 0.2) is 0 Å². The summed E-state index contributed by atoms with van der Waals surface area (Å²) in [6.07, 6.45) is 0.423. The number of benzene rings is 2. The third-order valence-electron chi connectivity index (χ3n) is 4.64. The molecule has 0 saturated heterocycles. The Bertz CT molecular complexity index is 936. The molecule has 2 rings (SSSR count). The summed E-state index contributed by atoms with van der Waals surface area (Å²) in [5.41, 5.74) is 0.563. The molecule has 0 fully saturated rings. The van der Waals surface area contributed by atoms with Crippen molar-refractivity contribution in [2.75, 3.05) is 14.2 Å². The molecule has 0 heterocycles. The minimum absolute atomic E-state index is 0.0217. The lowest BCUT2D eigenvalue weighted by atomic mass is 9.91. The second kappa shape index (κ2) is 10.2.